The summed E-state index contributed by atoms with van der Waals surface area (Å²) in [5.41, 5.74) is 6.17. The predicted molar refractivity (Wildman–Crippen MR) is 42.0 cm³/mol. The smallest absolute Gasteiger partial charge is 0.0943 e. The molecule has 1 aliphatic heterocycles. The van der Waals surface area contributed by atoms with Gasteiger partial charge in [0.2, 0.25) is 0 Å². The zero-order valence-corrected chi connectivity index (χ0v) is 6.27. The molecule has 0 bridgehead atoms. The van der Waals surface area contributed by atoms with Crippen molar-refractivity contribution >= 4 is 5.84 Å². The summed E-state index contributed by atoms with van der Waals surface area (Å²) in [4.78, 5) is 4.27. The van der Waals surface area contributed by atoms with Crippen LogP contribution >= 0.6 is 0 Å². The second-order valence-corrected chi connectivity index (χ2v) is 3.69. The number of amidine groups is 1. The molecule has 2 N–H and O–H groups in total. The highest BCUT2D eigenvalue weighted by molar-refractivity contribution is 5.82. The van der Waals surface area contributed by atoms with Gasteiger partial charge in [-0.1, -0.05) is 12.8 Å². The first-order valence-corrected chi connectivity index (χ1v) is 4.10. The topological polar surface area (TPSA) is 38.4 Å². The van der Waals surface area contributed by atoms with E-state index >= 15 is 0 Å². The van der Waals surface area contributed by atoms with Crippen LogP contribution in [0.25, 0.3) is 0 Å². The molecule has 1 spiro atoms. The first kappa shape index (κ1) is 6.20. The molecule has 2 aliphatic rings. The van der Waals surface area contributed by atoms with Gasteiger partial charge < -0.3 is 5.73 Å². The summed E-state index contributed by atoms with van der Waals surface area (Å²) in [6.07, 6.45) is 6.58. The van der Waals surface area contributed by atoms with Gasteiger partial charge in [-0.15, -0.1) is 0 Å². The third-order valence-electron chi connectivity index (χ3n) is 2.84. The summed E-state index contributed by atoms with van der Waals surface area (Å²) in [6.45, 7) is 1.01. The number of nitrogens with zero attached hydrogens (tertiary/aromatic N) is 1. The maximum absolute atomic E-state index is 5.64. The Morgan fingerprint density at radius 1 is 1.30 bits per heavy atom. The third kappa shape index (κ3) is 0.825. The van der Waals surface area contributed by atoms with Crippen molar-refractivity contribution < 1.29 is 0 Å². The second-order valence-electron chi connectivity index (χ2n) is 3.69. The van der Waals surface area contributed by atoms with Crippen molar-refractivity contribution in [1.82, 2.24) is 0 Å². The molecule has 0 amide bonds. The van der Waals surface area contributed by atoms with Crippen molar-refractivity contribution in [3.63, 3.8) is 0 Å². The van der Waals surface area contributed by atoms with Crippen molar-refractivity contribution in [1.29, 1.82) is 0 Å². The molecule has 0 aromatic rings. The quantitative estimate of drug-likeness (QED) is 0.538. The molecule has 0 atom stereocenters. The molecule has 2 rings (SSSR count). The van der Waals surface area contributed by atoms with Gasteiger partial charge in [0, 0.05) is 13.0 Å². The van der Waals surface area contributed by atoms with Crippen LogP contribution in [0.15, 0.2) is 4.99 Å². The SMILES string of the molecule is NC1=NCC2(CCCC2)C1. The van der Waals surface area contributed by atoms with Crippen molar-refractivity contribution in [3.05, 3.63) is 0 Å². The fourth-order valence-corrected chi connectivity index (χ4v) is 2.23. The van der Waals surface area contributed by atoms with Gasteiger partial charge in [-0.3, -0.25) is 4.99 Å². The fourth-order valence-electron chi connectivity index (χ4n) is 2.23. The minimum Gasteiger partial charge on any atom is -0.387 e. The van der Waals surface area contributed by atoms with Crippen molar-refractivity contribution in [2.75, 3.05) is 6.54 Å². The lowest BCUT2D eigenvalue weighted by atomic mass is 9.85. The highest BCUT2D eigenvalue weighted by atomic mass is 14.9. The molecule has 2 heteroatoms. The molecular formula is C8H14N2. The van der Waals surface area contributed by atoms with E-state index in [4.69, 9.17) is 5.73 Å². The maximum Gasteiger partial charge on any atom is 0.0943 e. The highest BCUT2D eigenvalue weighted by Gasteiger charge is 2.37. The van der Waals surface area contributed by atoms with Crippen LogP contribution in [0.3, 0.4) is 0 Å². The summed E-state index contributed by atoms with van der Waals surface area (Å²) >= 11 is 0. The van der Waals surface area contributed by atoms with Crippen LogP contribution in [0.2, 0.25) is 0 Å². The second kappa shape index (κ2) is 1.97. The zero-order chi connectivity index (χ0) is 7.03. The van der Waals surface area contributed by atoms with E-state index in [1.54, 1.807) is 0 Å². The molecule has 2 nitrogen and oxygen atoms in total. The van der Waals surface area contributed by atoms with E-state index in [0.29, 0.717) is 5.41 Å². The van der Waals surface area contributed by atoms with Gasteiger partial charge in [-0.05, 0) is 18.3 Å². The number of nitrogens with two attached hydrogens (primary N) is 1. The van der Waals surface area contributed by atoms with E-state index in [9.17, 15) is 0 Å². The molecule has 0 aromatic carbocycles. The van der Waals surface area contributed by atoms with Gasteiger partial charge in [0.15, 0.2) is 0 Å². The molecular weight excluding hydrogens is 124 g/mol. The van der Waals surface area contributed by atoms with E-state index in [0.717, 1.165) is 18.8 Å². The van der Waals surface area contributed by atoms with E-state index in [-0.39, 0.29) is 0 Å². The largest absolute Gasteiger partial charge is 0.387 e. The van der Waals surface area contributed by atoms with Crippen molar-refractivity contribution in [3.8, 4) is 0 Å². The summed E-state index contributed by atoms with van der Waals surface area (Å²) < 4.78 is 0. The molecule has 0 saturated heterocycles. The van der Waals surface area contributed by atoms with Crippen LogP contribution in [0, 0.1) is 5.41 Å². The molecule has 1 fully saturated rings. The standard InChI is InChI=1S/C8H14N2/c9-7-5-8(6-10-7)3-1-2-4-8/h1-6H2,(H2,9,10). The number of hydrogen-bond acceptors (Lipinski definition) is 2. The first-order valence-electron chi connectivity index (χ1n) is 4.10. The lowest BCUT2D eigenvalue weighted by molar-refractivity contribution is 0.344. The summed E-state index contributed by atoms with van der Waals surface area (Å²) in [6, 6.07) is 0. The van der Waals surface area contributed by atoms with Crippen LogP contribution in [0.1, 0.15) is 32.1 Å². The number of aliphatic imine (C=N–C) groups is 1. The van der Waals surface area contributed by atoms with Crippen LogP contribution in [-0.4, -0.2) is 12.4 Å². The maximum atomic E-state index is 5.64. The zero-order valence-electron chi connectivity index (χ0n) is 6.27. The molecule has 0 radical (unpaired) electrons. The molecule has 1 saturated carbocycles. The van der Waals surface area contributed by atoms with Crippen molar-refractivity contribution in [2.24, 2.45) is 16.1 Å². The predicted octanol–water partition coefficient (Wildman–Crippen LogP) is 1.31. The van der Waals surface area contributed by atoms with Gasteiger partial charge in [-0.25, -0.2) is 0 Å². The average molecular weight is 138 g/mol. The monoisotopic (exact) mass is 138 g/mol. The fraction of sp³-hybridized carbons (Fsp3) is 0.875. The molecule has 0 unspecified atom stereocenters. The Labute approximate surface area is 61.5 Å². The van der Waals surface area contributed by atoms with Crippen LogP contribution < -0.4 is 5.73 Å². The molecule has 56 valence electrons. The molecule has 0 aromatic heterocycles. The van der Waals surface area contributed by atoms with Gasteiger partial charge in [0.25, 0.3) is 0 Å². The highest BCUT2D eigenvalue weighted by Crippen LogP contribution is 2.43. The van der Waals surface area contributed by atoms with Crippen LogP contribution in [0.5, 0.6) is 0 Å². The summed E-state index contributed by atoms with van der Waals surface area (Å²) in [7, 11) is 0. The summed E-state index contributed by atoms with van der Waals surface area (Å²) in [5, 5.41) is 0. The van der Waals surface area contributed by atoms with Gasteiger partial charge in [0.1, 0.15) is 0 Å². The third-order valence-corrected chi connectivity index (χ3v) is 2.84. The Morgan fingerprint density at radius 3 is 2.50 bits per heavy atom. The molecule has 1 aliphatic carbocycles. The van der Waals surface area contributed by atoms with Gasteiger partial charge in [0.05, 0.1) is 5.84 Å². The Balaban J connectivity index is 2.07. The van der Waals surface area contributed by atoms with E-state index in [1.807, 2.05) is 0 Å². The first-order chi connectivity index (χ1) is 4.81. The van der Waals surface area contributed by atoms with Crippen LogP contribution in [-0.2, 0) is 0 Å². The Kier molecular flexibility index (Phi) is 1.22. The average Bonchev–Trinajstić information content (AvgIpc) is 2.46. The van der Waals surface area contributed by atoms with E-state index < -0.39 is 0 Å². The Morgan fingerprint density at radius 2 is 2.00 bits per heavy atom. The molecule has 1 heterocycles. The van der Waals surface area contributed by atoms with Crippen molar-refractivity contribution in [2.45, 2.75) is 32.1 Å². The lowest BCUT2D eigenvalue weighted by Gasteiger charge is -2.19. The Bertz CT molecular complexity index is 166. The minimum absolute atomic E-state index is 0.532. The number of hydrogen-bond donors (Lipinski definition) is 1. The lowest BCUT2D eigenvalue weighted by Crippen LogP contribution is -2.19. The molecule has 10 heavy (non-hydrogen) atoms. The van der Waals surface area contributed by atoms with Gasteiger partial charge in [-0.2, -0.15) is 0 Å². The van der Waals surface area contributed by atoms with E-state index in [2.05, 4.69) is 4.99 Å². The van der Waals surface area contributed by atoms with Crippen LogP contribution in [0.4, 0.5) is 0 Å². The van der Waals surface area contributed by atoms with Gasteiger partial charge >= 0.3 is 0 Å². The minimum atomic E-state index is 0.532. The Hall–Kier alpha value is -0.530. The number of rotatable bonds is 0. The summed E-state index contributed by atoms with van der Waals surface area (Å²) in [5.74, 6) is 0.891. The normalized spacial score (nSPS) is 29.4. The van der Waals surface area contributed by atoms with E-state index in [1.165, 1.54) is 25.7 Å².